The highest BCUT2D eigenvalue weighted by molar-refractivity contribution is 7.53. The van der Waals surface area contributed by atoms with E-state index in [0.29, 0.717) is 27.0 Å². The number of carbonyl (C=O) groups is 2. The van der Waals surface area contributed by atoms with E-state index in [9.17, 15) is 23.9 Å². The van der Waals surface area contributed by atoms with Crippen LogP contribution < -0.4 is 10.6 Å². The van der Waals surface area contributed by atoms with Crippen LogP contribution in [0.1, 0.15) is 25.8 Å². The van der Waals surface area contributed by atoms with Gasteiger partial charge in [0.05, 0.1) is 16.5 Å². The van der Waals surface area contributed by atoms with Gasteiger partial charge in [0, 0.05) is 11.4 Å². The van der Waals surface area contributed by atoms with Gasteiger partial charge >= 0.3 is 7.60 Å². The fourth-order valence-electron chi connectivity index (χ4n) is 2.75. The topological polar surface area (TPSA) is 116 Å². The van der Waals surface area contributed by atoms with Crippen LogP contribution in [0.3, 0.4) is 0 Å². The maximum absolute atomic E-state index is 12.3. The molecule has 0 aromatic heterocycles. The molecular weight excluding hydrogens is 450 g/mol. The SMILES string of the molecule is CC(C)CC(C(=O)Nc1ccc(NC(=O)Cc2ccc(Cl)c(Cl)c2)cc1)P(=O)(O)O. The smallest absolute Gasteiger partial charge is 0.326 e. The average molecular weight is 473 g/mol. The van der Waals surface area contributed by atoms with Gasteiger partial charge in [0.15, 0.2) is 0 Å². The highest BCUT2D eigenvalue weighted by atomic mass is 35.5. The van der Waals surface area contributed by atoms with Crippen molar-refractivity contribution >= 4 is 54.0 Å². The van der Waals surface area contributed by atoms with E-state index in [-0.39, 0.29) is 24.7 Å². The second-order valence-corrected chi connectivity index (χ2v) is 9.89. The van der Waals surface area contributed by atoms with Crippen molar-refractivity contribution in [1.82, 2.24) is 0 Å². The monoisotopic (exact) mass is 472 g/mol. The lowest BCUT2D eigenvalue weighted by Crippen LogP contribution is -2.29. The predicted molar refractivity (Wildman–Crippen MR) is 119 cm³/mol. The standard InChI is InChI=1S/C20H23Cl2N2O5P/c1-12(2)9-18(30(27,28)29)20(26)24-15-6-4-14(5-7-15)23-19(25)11-13-3-8-16(21)17(22)10-13/h3-8,10,12,18H,9,11H2,1-2H3,(H,23,25)(H,24,26)(H2,27,28,29). The molecule has 0 saturated heterocycles. The van der Waals surface area contributed by atoms with E-state index >= 15 is 0 Å². The molecule has 7 nitrogen and oxygen atoms in total. The maximum Gasteiger partial charge on any atom is 0.337 e. The van der Waals surface area contributed by atoms with Crippen LogP contribution in [0, 0.1) is 5.92 Å². The molecule has 0 bridgehead atoms. The van der Waals surface area contributed by atoms with Crippen LogP contribution in [-0.4, -0.2) is 27.3 Å². The molecule has 0 aliphatic carbocycles. The third-order valence-electron chi connectivity index (χ3n) is 4.19. The number of halogens is 2. The van der Waals surface area contributed by atoms with Crippen LogP contribution in [0.25, 0.3) is 0 Å². The van der Waals surface area contributed by atoms with Crippen molar-refractivity contribution in [2.75, 3.05) is 10.6 Å². The molecule has 1 atom stereocenters. The van der Waals surface area contributed by atoms with E-state index in [1.807, 2.05) is 0 Å². The Morgan fingerprint density at radius 2 is 1.53 bits per heavy atom. The van der Waals surface area contributed by atoms with Crippen LogP contribution in [0.2, 0.25) is 10.0 Å². The zero-order valence-corrected chi connectivity index (χ0v) is 18.8. The Labute approximate surface area is 184 Å². The lowest BCUT2D eigenvalue weighted by Gasteiger charge is -2.19. The van der Waals surface area contributed by atoms with Gasteiger partial charge in [-0.3, -0.25) is 14.2 Å². The largest absolute Gasteiger partial charge is 0.337 e. The van der Waals surface area contributed by atoms with E-state index < -0.39 is 19.2 Å². The molecule has 1 unspecified atom stereocenters. The predicted octanol–water partition coefficient (Wildman–Crippen LogP) is 4.71. The minimum atomic E-state index is -4.58. The quantitative estimate of drug-likeness (QED) is 0.415. The van der Waals surface area contributed by atoms with Crippen molar-refractivity contribution < 1.29 is 23.9 Å². The lowest BCUT2D eigenvalue weighted by molar-refractivity contribution is -0.117. The van der Waals surface area contributed by atoms with E-state index in [2.05, 4.69) is 10.6 Å². The molecule has 4 N–H and O–H groups in total. The summed E-state index contributed by atoms with van der Waals surface area (Å²) in [5, 5.41) is 6.02. The first-order valence-corrected chi connectivity index (χ1v) is 11.6. The number of anilines is 2. The summed E-state index contributed by atoms with van der Waals surface area (Å²) in [6.07, 6.45) is 0.174. The molecule has 2 rings (SSSR count). The highest BCUT2D eigenvalue weighted by Gasteiger charge is 2.36. The molecule has 30 heavy (non-hydrogen) atoms. The van der Waals surface area contributed by atoms with Crippen molar-refractivity contribution in [3.63, 3.8) is 0 Å². The Hall–Kier alpha value is -1.89. The molecule has 0 heterocycles. The highest BCUT2D eigenvalue weighted by Crippen LogP contribution is 2.44. The van der Waals surface area contributed by atoms with E-state index in [0.717, 1.165) is 0 Å². The molecule has 0 fully saturated rings. The summed E-state index contributed by atoms with van der Waals surface area (Å²) in [5.74, 6) is -1.06. The van der Waals surface area contributed by atoms with Crippen molar-refractivity contribution in [2.45, 2.75) is 32.3 Å². The van der Waals surface area contributed by atoms with Gasteiger partial charge in [-0.25, -0.2) is 0 Å². The summed E-state index contributed by atoms with van der Waals surface area (Å²) in [5.41, 5.74) is 0.166. The molecule has 162 valence electrons. The van der Waals surface area contributed by atoms with Crippen molar-refractivity contribution in [3.05, 3.63) is 58.1 Å². The number of nitrogens with one attached hydrogen (secondary N) is 2. The summed E-state index contributed by atoms with van der Waals surface area (Å²) in [7, 11) is -4.58. The average Bonchev–Trinajstić information content (AvgIpc) is 2.63. The molecule has 0 aliphatic rings. The Bertz CT molecular complexity index is 960. The third kappa shape index (κ3) is 7.42. The molecule has 0 saturated carbocycles. The maximum atomic E-state index is 12.3. The number of amides is 2. The molecule has 2 amide bonds. The van der Waals surface area contributed by atoms with Crippen LogP contribution in [-0.2, 0) is 20.6 Å². The summed E-state index contributed by atoms with van der Waals surface area (Å²) in [4.78, 5) is 43.4. The van der Waals surface area contributed by atoms with Crippen molar-refractivity contribution in [1.29, 1.82) is 0 Å². The van der Waals surface area contributed by atoms with Gasteiger partial charge in [-0.1, -0.05) is 43.1 Å². The van der Waals surface area contributed by atoms with Gasteiger partial charge in [-0.15, -0.1) is 0 Å². The van der Waals surface area contributed by atoms with Gasteiger partial charge in [0.25, 0.3) is 0 Å². The Kier molecular flexibility index (Phi) is 8.47. The Morgan fingerprint density at radius 1 is 0.967 bits per heavy atom. The van der Waals surface area contributed by atoms with Gasteiger partial charge in [-0.05, 0) is 54.3 Å². The fraction of sp³-hybridized carbons (Fsp3) is 0.300. The minimum Gasteiger partial charge on any atom is -0.326 e. The Balaban J connectivity index is 1.98. The summed E-state index contributed by atoms with van der Waals surface area (Å²) >= 11 is 11.8. The molecule has 10 heteroatoms. The van der Waals surface area contributed by atoms with Crippen LogP contribution in [0.15, 0.2) is 42.5 Å². The first-order chi connectivity index (χ1) is 14.0. The molecule has 2 aromatic carbocycles. The third-order valence-corrected chi connectivity index (χ3v) is 6.18. The number of hydrogen-bond donors (Lipinski definition) is 4. The summed E-state index contributed by atoms with van der Waals surface area (Å²) < 4.78 is 11.6. The van der Waals surface area contributed by atoms with Crippen molar-refractivity contribution in [3.8, 4) is 0 Å². The first kappa shape index (κ1) is 24.4. The number of benzene rings is 2. The number of rotatable bonds is 8. The Morgan fingerprint density at radius 3 is 2.03 bits per heavy atom. The molecular formula is C20H23Cl2N2O5P. The number of carbonyl (C=O) groups excluding carboxylic acids is 2. The zero-order valence-electron chi connectivity index (χ0n) is 16.4. The van der Waals surface area contributed by atoms with E-state index in [4.69, 9.17) is 23.2 Å². The van der Waals surface area contributed by atoms with Gasteiger partial charge in [0.2, 0.25) is 11.8 Å². The van der Waals surface area contributed by atoms with Gasteiger partial charge in [0.1, 0.15) is 5.66 Å². The second-order valence-electron chi connectivity index (χ2n) is 7.27. The van der Waals surface area contributed by atoms with Crippen LogP contribution in [0.4, 0.5) is 11.4 Å². The molecule has 0 radical (unpaired) electrons. The fourth-order valence-corrected chi connectivity index (χ4v) is 4.13. The van der Waals surface area contributed by atoms with Crippen LogP contribution >= 0.6 is 30.8 Å². The lowest BCUT2D eigenvalue weighted by atomic mass is 10.1. The normalized spacial score (nSPS) is 12.5. The second kappa shape index (κ2) is 10.4. The van der Waals surface area contributed by atoms with Gasteiger partial charge < -0.3 is 20.4 Å². The van der Waals surface area contributed by atoms with Gasteiger partial charge in [-0.2, -0.15) is 0 Å². The first-order valence-electron chi connectivity index (χ1n) is 9.15. The number of hydrogen-bond acceptors (Lipinski definition) is 3. The molecule has 0 spiro atoms. The van der Waals surface area contributed by atoms with E-state index in [1.54, 1.807) is 56.3 Å². The summed E-state index contributed by atoms with van der Waals surface area (Å²) in [6, 6.07) is 11.2. The summed E-state index contributed by atoms with van der Waals surface area (Å²) in [6.45, 7) is 3.57. The minimum absolute atomic E-state index is 0.0542. The zero-order chi connectivity index (χ0) is 22.5. The van der Waals surface area contributed by atoms with Crippen LogP contribution in [0.5, 0.6) is 0 Å². The van der Waals surface area contributed by atoms with Crippen molar-refractivity contribution in [2.24, 2.45) is 5.92 Å². The molecule has 2 aromatic rings. The molecule has 0 aliphatic heterocycles. The van der Waals surface area contributed by atoms with E-state index in [1.165, 1.54) is 0 Å².